The Kier molecular flexibility index (Phi) is 5.96. The number of hydrogen-bond donors (Lipinski definition) is 1. The van der Waals surface area contributed by atoms with E-state index in [1.54, 1.807) is 0 Å². The van der Waals surface area contributed by atoms with Crippen molar-refractivity contribution in [2.45, 2.75) is 38.5 Å². The number of hydrazone groups is 1. The maximum atomic E-state index is 12.5. The smallest absolute Gasteiger partial charge is 0.267 e. The van der Waals surface area contributed by atoms with Crippen molar-refractivity contribution in [1.29, 1.82) is 0 Å². The first-order valence-corrected chi connectivity index (χ1v) is 10.8. The number of rotatable bonds is 5. The van der Waals surface area contributed by atoms with Crippen LogP contribution in [-0.4, -0.2) is 37.4 Å². The summed E-state index contributed by atoms with van der Waals surface area (Å²) >= 11 is 0. The van der Waals surface area contributed by atoms with E-state index in [4.69, 9.17) is 0 Å². The summed E-state index contributed by atoms with van der Waals surface area (Å²) < 4.78 is 26.6. The molecule has 0 bridgehead atoms. The third kappa shape index (κ3) is 4.31. The van der Waals surface area contributed by atoms with Gasteiger partial charge in [0.1, 0.15) is 0 Å². The quantitative estimate of drug-likeness (QED) is 0.619. The van der Waals surface area contributed by atoms with Crippen LogP contribution in [0.2, 0.25) is 0 Å². The summed E-state index contributed by atoms with van der Waals surface area (Å²) in [6.45, 7) is 7.01. The van der Waals surface area contributed by atoms with E-state index in [0.717, 1.165) is 24.0 Å². The number of benzene rings is 2. The lowest BCUT2D eigenvalue weighted by molar-refractivity contribution is 0.0954. The second-order valence-corrected chi connectivity index (χ2v) is 9.01. The van der Waals surface area contributed by atoms with Gasteiger partial charge in [-0.3, -0.25) is 4.79 Å². The molecule has 0 radical (unpaired) electrons. The highest BCUT2D eigenvalue weighted by atomic mass is 32.2. The largest absolute Gasteiger partial charge is 0.271 e. The normalized spacial score (nSPS) is 15.6. The standard InChI is InChI=1S/C21H25N3O3S/c1-15-6-7-19(14-16(15)2)17(3)22-23-21(25)18-8-10-20(11-9-18)28(26,27)24-12-4-5-13-24/h6-11,14H,4-5,12-13H2,1-3H3,(H,23,25)/b22-17-. The minimum Gasteiger partial charge on any atom is -0.267 e. The molecule has 1 heterocycles. The molecular formula is C21H25N3O3S. The van der Waals surface area contributed by atoms with Crippen LogP contribution in [0.4, 0.5) is 0 Å². The number of carbonyl (C=O) groups excluding carboxylic acids is 1. The fraction of sp³-hybridized carbons (Fsp3) is 0.333. The predicted molar refractivity (Wildman–Crippen MR) is 110 cm³/mol. The average molecular weight is 400 g/mol. The van der Waals surface area contributed by atoms with E-state index in [2.05, 4.69) is 10.5 Å². The van der Waals surface area contributed by atoms with E-state index < -0.39 is 10.0 Å². The Morgan fingerprint density at radius 2 is 1.57 bits per heavy atom. The first-order chi connectivity index (χ1) is 13.3. The first kappa shape index (κ1) is 20.2. The minimum absolute atomic E-state index is 0.209. The van der Waals surface area contributed by atoms with E-state index in [9.17, 15) is 13.2 Å². The van der Waals surface area contributed by atoms with Gasteiger partial charge in [0.2, 0.25) is 10.0 Å². The molecule has 1 fully saturated rings. The molecule has 1 amide bonds. The summed E-state index contributed by atoms with van der Waals surface area (Å²) in [5.41, 5.74) is 6.89. The molecule has 2 aromatic rings. The average Bonchev–Trinajstić information content (AvgIpc) is 3.24. The van der Waals surface area contributed by atoms with E-state index in [1.807, 2.05) is 39.0 Å². The molecule has 28 heavy (non-hydrogen) atoms. The van der Waals surface area contributed by atoms with Crippen molar-refractivity contribution in [2.75, 3.05) is 13.1 Å². The van der Waals surface area contributed by atoms with Crippen molar-refractivity contribution in [3.8, 4) is 0 Å². The van der Waals surface area contributed by atoms with Crippen LogP contribution in [0.5, 0.6) is 0 Å². The summed E-state index contributed by atoms with van der Waals surface area (Å²) in [5.74, 6) is -0.381. The Labute approximate surface area is 166 Å². The van der Waals surface area contributed by atoms with Crippen molar-refractivity contribution in [3.05, 3.63) is 64.7 Å². The molecule has 0 spiro atoms. The van der Waals surface area contributed by atoms with Gasteiger partial charge < -0.3 is 0 Å². The highest BCUT2D eigenvalue weighted by Gasteiger charge is 2.27. The van der Waals surface area contributed by atoms with Crippen LogP contribution in [0.15, 0.2) is 52.5 Å². The van der Waals surface area contributed by atoms with Gasteiger partial charge in [-0.25, -0.2) is 13.8 Å². The maximum Gasteiger partial charge on any atom is 0.271 e. The molecule has 3 rings (SSSR count). The molecule has 0 unspecified atom stereocenters. The van der Waals surface area contributed by atoms with Crippen LogP contribution >= 0.6 is 0 Å². The fourth-order valence-electron chi connectivity index (χ4n) is 3.09. The van der Waals surface area contributed by atoms with Crippen LogP contribution in [0, 0.1) is 13.8 Å². The van der Waals surface area contributed by atoms with Crippen molar-refractivity contribution < 1.29 is 13.2 Å². The van der Waals surface area contributed by atoms with Crippen molar-refractivity contribution in [1.82, 2.24) is 9.73 Å². The number of sulfonamides is 1. The van der Waals surface area contributed by atoms with Gasteiger partial charge in [-0.15, -0.1) is 0 Å². The number of hydrogen-bond acceptors (Lipinski definition) is 4. The SMILES string of the molecule is C/C(=N/NC(=O)c1ccc(S(=O)(=O)N2CCCC2)cc1)c1ccc(C)c(C)c1. The molecule has 148 valence electrons. The Morgan fingerprint density at radius 1 is 0.964 bits per heavy atom. The lowest BCUT2D eigenvalue weighted by Crippen LogP contribution is -2.28. The maximum absolute atomic E-state index is 12.5. The topological polar surface area (TPSA) is 78.8 Å². The highest BCUT2D eigenvalue weighted by Crippen LogP contribution is 2.21. The molecule has 6 nitrogen and oxygen atoms in total. The molecular weight excluding hydrogens is 374 g/mol. The first-order valence-electron chi connectivity index (χ1n) is 9.31. The van der Waals surface area contributed by atoms with Crippen LogP contribution in [0.1, 0.15) is 46.8 Å². The molecule has 1 aliphatic heterocycles. The summed E-state index contributed by atoms with van der Waals surface area (Å²) in [5, 5.41) is 4.17. The number of nitrogens with one attached hydrogen (secondary N) is 1. The number of nitrogens with zero attached hydrogens (tertiary/aromatic N) is 2. The lowest BCUT2D eigenvalue weighted by atomic mass is 10.0. The summed E-state index contributed by atoms with van der Waals surface area (Å²) in [6.07, 6.45) is 1.77. The van der Waals surface area contributed by atoms with Crippen LogP contribution in [0.25, 0.3) is 0 Å². The predicted octanol–water partition coefficient (Wildman–Crippen LogP) is 3.24. The minimum atomic E-state index is -3.48. The Hall–Kier alpha value is -2.51. The zero-order chi connectivity index (χ0) is 20.3. The summed E-state index contributed by atoms with van der Waals surface area (Å²) in [6, 6.07) is 12.0. The van der Waals surface area contributed by atoms with Gasteiger partial charge in [-0.1, -0.05) is 12.1 Å². The third-order valence-corrected chi connectivity index (χ3v) is 6.98. The number of carbonyl (C=O) groups is 1. The van der Waals surface area contributed by atoms with Crippen LogP contribution in [-0.2, 0) is 10.0 Å². The van der Waals surface area contributed by atoms with Gasteiger partial charge in [0.25, 0.3) is 5.91 Å². The second-order valence-electron chi connectivity index (χ2n) is 7.07. The van der Waals surface area contributed by atoms with E-state index in [-0.39, 0.29) is 10.8 Å². The molecule has 0 saturated carbocycles. The zero-order valence-corrected chi connectivity index (χ0v) is 17.2. The molecule has 0 aliphatic carbocycles. The van der Waals surface area contributed by atoms with E-state index >= 15 is 0 Å². The van der Waals surface area contributed by atoms with Gasteiger partial charge in [0.05, 0.1) is 10.6 Å². The van der Waals surface area contributed by atoms with E-state index in [0.29, 0.717) is 24.4 Å². The molecule has 1 saturated heterocycles. The molecule has 2 aromatic carbocycles. The fourth-order valence-corrected chi connectivity index (χ4v) is 4.60. The van der Waals surface area contributed by atoms with Crippen molar-refractivity contribution in [2.24, 2.45) is 5.10 Å². The van der Waals surface area contributed by atoms with Crippen LogP contribution in [0.3, 0.4) is 0 Å². The monoisotopic (exact) mass is 399 g/mol. The van der Waals surface area contributed by atoms with Crippen LogP contribution < -0.4 is 5.43 Å². The summed E-state index contributed by atoms with van der Waals surface area (Å²) in [7, 11) is -3.48. The molecule has 1 N–H and O–H groups in total. The van der Waals surface area contributed by atoms with Gasteiger partial charge in [0.15, 0.2) is 0 Å². The number of amides is 1. The van der Waals surface area contributed by atoms with Gasteiger partial charge in [-0.05, 0) is 80.6 Å². The summed E-state index contributed by atoms with van der Waals surface area (Å²) in [4.78, 5) is 12.5. The molecule has 0 atom stereocenters. The zero-order valence-electron chi connectivity index (χ0n) is 16.4. The molecule has 7 heteroatoms. The Morgan fingerprint density at radius 3 is 2.18 bits per heavy atom. The highest BCUT2D eigenvalue weighted by molar-refractivity contribution is 7.89. The van der Waals surface area contributed by atoms with E-state index in [1.165, 1.54) is 34.1 Å². The van der Waals surface area contributed by atoms with Gasteiger partial charge in [-0.2, -0.15) is 9.41 Å². The number of aryl methyl sites for hydroxylation is 2. The van der Waals surface area contributed by atoms with Crippen molar-refractivity contribution in [3.63, 3.8) is 0 Å². The van der Waals surface area contributed by atoms with Crippen molar-refractivity contribution >= 4 is 21.6 Å². The van der Waals surface area contributed by atoms with Gasteiger partial charge in [0, 0.05) is 18.7 Å². The molecule has 1 aliphatic rings. The van der Waals surface area contributed by atoms with Gasteiger partial charge >= 0.3 is 0 Å². The molecule has 0 aromatic heterocycles. The Bertz CT molecular complexity index is 1010. The lowest BCUT2D eigenvalue weighted by Gasteiger charge is -2.15. The Balaban J connectivity index is 1.70. The second kappa shape index (κ2) is 8.24. The third-order valence-electron chi connectivity index (χ3n) is 5.07.